The Labute approximate surface area is 189 Å². The number of anilines is 1. The number of rotatable bonds is 3. The van der Waals surface area contributed by atoms with Gasteiger partial charge in [0.25, 0.3) is 5.56 Å². The van der Waals surface area contributed by atoms with Crippen LogP contribution in [-0.4, -0.2) is 27.8 Å². The number of nitrogens with zero attached hydrogens (tertiary/aromatic N) is 5. The van der Waals surface area contributed by atoms with Gasteiger partial charge in [-0.25, -0.2) is 19.2 Å². The number of benzene rings is 2. The lowest BCUT2D eigenvalue weighted by atomic mass is 10.1. The Morgan fingerprint density at radius 3 is 2.34 bits per heavy atom. The number of ether oxygens (including phenoxy) is 1. The highest BCUT2D eigenvalue weighted by Crippen LogP contribution is 2.26. The van der Waals surface area contributed by atoms with Crippen LogP contribution in [0.25, 0.3) is 16.6 Å². The normalized spacial score (nSPS) is 11.0. The summed E-state index contributed by atoms with van der Waals surface area (Å²) in [5.41, 5.74) is -0.459. The molecule has 0 aliphatic heterocycles. The Balaban J connectivity index is 2.41. The minimum Gasteiger partial charge on any atom is -0.443 e. The van der Waals surface area contributed by atoms with Gasteiger partial charge in [0.2, 0.25) is 5.95 Å². The molecule has 0 unspecified atom stereocenters. The van der Waals surface area contributed by atoms with Crippen molar-refractivity contribution in [3.63, 3.8) is 0 Å². The average molecular weight is 450 g/mol. The molecular weight excluding hydrogens is 430 g/mol. The fraction of sp³-hybridized carbons (Fsp3) is 0.261. The Bertz CT molecular complexity index is 1330. The number of carbonyl (C=O) groups is 1. The quantitative estimate of drug-likeness (QED) is 0.580. The van der Waals surface area contributed by atoms with Gasteiger partial charge in [-0.2, -0.15) is 10.5 Å². The van der Waals surface area contributed by atoms with Gasteiger partial charge in [0.1, 0.15) is 5.60 Å². The second-order valence-electron chi connectivity index (χ2n) is 7.90. The molecule has 3 rings (SSSR count). The minimum absolute atomic E-state index is 0.0134. The highest BCUT2D eigenvalue weighted by atomic mass is 35.5. The van der Waals surface area contributed by atoms with Crippen molar-refractivity contribution in [1.29, 1.82) is 10.5 Å². The Morgan fingerprint density at radius 1 is 1.19 bits per heavy atom. The van der Waals surface area contributed by atoms with Crippen LogP contribution in [-0.2, 0) is 4.74 Å². The summed E-state index contributed by atoms with van der Waals surface area (Å²) >= 11 is 6.29. The molecule has 0 N–H and O–H groups in total. The molecule has 0 saturated carbocycles. The Hall–Kier alpha value is -3.88. The third kappa shape index (κ3) is 4.41. The van der Waals surface area contributed by atoms with E-state index < -0.39 is 17.3 Å². The zero-order chi connectivity index (χ0) is 23.6. The van der Waals surface area contributed by atoms with E-state index in [1.165, 1.54) is 27.7 Å². The van der Waals surface area contributed by atoms with Gasteiger partial charge in [-0.05, 0) is 58.0 Å². The lowest BCUT2D eigenvalue weighted by molar-refractivity contribution is 0.0579. The van der Waals surface area contributed by atoms with Gasteiger partial charge in [-0.15, -0.1) is 0 Å². The first-order chi connectivity index (χ1) is 15.1. The second-order valence-corrected chi connectivity index (χ2v) is 8.31. The van der Waals surface area contributed by atoms with Gasteiger partial charge in [0.15, 0.2) is 0 Å². The predicted molar refractivity (Wildman–Crippen MR) is 121 cm³/mol. The SMILES string of the molecule is CCN(C(=O)OC(C)(C)C)c1nc2cccc(Cl)c2c(=O)n1-c1cc(C#N)cc(C#N)c1. The highest BCUT2D eigenvalue weighted by Gasteiger charge is 2.27. The summed E-state index contributed by atoms with van der Waals surface area (Å²) in [5, 5.41) is 19.1. The van der Waals surface area contributed by atoms with Gasteiger partial charge in [0.05, 0.1) is 44.9 Å². The van der Waals surface area contributed by atoms with Crippen LogP contribution < -0.4 is 10.5 Å². The molecule has 1 heterocycles. The molecule has 3 aromatic rings. The minimum atomic E-state index is -0.773. The van der Waals surface area contributed by atoms with E-state index in [2.05, 4.69) is 4.98 Å². The van der Waals surface area contributed by atoms with E-state index in [-0.39, 0.29) is 39.7 Å². The van der Waals surface area contributed by atoms with E-state index in [0.29, 0.717) is 5.52 Å². The van der Waals surface area contributed by atoms with E-state index in [0.717, 1.165) is 0 Å². The molecular formula is C23H20ClN5O3. The van der Waals surface area contributed by atoms with Crippen molar-refractivity contribution >= 4 is 34.5 Å². The van der Waals surface area contributed by atoms with Crippen molar-refractivity contribution in [1.82, 2.24) is 9.55 Å². The van der Waals surface area contributed by atoms with Crippen molar-refractivity contribution < 1.29 is 9.53 Å². The van der Waals surface area contributed by atoms with E-state index >= 15 is 0 Å². The van der Waals surface area contributed by atoms with Crippen LogP contribution in [0.1, 0.15) is 38.8 Å². The maximum Gasteiger partial charge on any atom is 0.417 e. The zero-order valence-corrected chi connectivity index (χ0v) is 18.8. The van der Waals surface area contributed by atoms with Crippen LogP contribution in [0.4, 0.5) is 10.7 Å². The zero-order valence-electron chi connectivity index (χ0n) is 18.0. The van der Waals surface area contributed by atoms with E-state index in [9.17, 15) is 20.1 Å². The van der Waals surface area contributed by atoms with Crippen molar-refractivity contribution in [2.45, 2.75) is 33.3 Å². The smallest absolute Gasteiger partial charge is 0.417 e. The Kier molecular flexibility index (Phi) is 6.20. The standard InChI is InChI=1S/C23H20ClN5O3/c1-5-28(22(31)32-23(2,3)4)21-27-18-8-6-7-17(24)19(18)20(30)29(21)16-10-14(12-25)9-15(11-16)13-26/h6-11H,5H2,1-4H3. The molecule has 0 fully saturated rings. The lowest BCUT2D eigenvalue weighted by Gasteiger charge is -2.27. The number of nitriles is 2. The fourth-order valence-corrected chi connectivity index (χ4v) is 3.38. The summed E-state index contributed by atoms with van der Waals surface area (Å²) < 4.78 is 6.67. The van der Waals surface area contributed by atoms with Crippen molar-refractivity contribution in [2.24, 2.45) is 0 Å². The fourth-order valence-electron chi connectivity index (χ4n) is 3.13. The third-order valence-corrected chi connectivity index (χ3v) is 4.75. The maximum absolute atomic E-state index is 13.6. The summed E-state index contributed by atoms with van der Waals surface area (Å²) in [4.78, 5) is 32.3. The largest absolute Gasteiger partial charge is 0.443 e. The first kappa shape index (κ1) is 22.8. The number of hydrogen-bond donors (Lipinski definition) is 0. The molecule has 32 heavy (non-hydrogen) atoms. The van der Waals surface area contributed by atoms with Crippen LogP contribution >= 0.6 is 11.6 Å². The predicted octanol–water partition coefficient (Wildman–Crippen LogP) is 4.54. The first-order valence-electron chi connectivity index (χ1n) is 9.77. The summed E-state index contributed by atoms with van der Waals surface area (Å²) in [6.45, 7) is 7.06. The molecule has 2 aromatic carbocycles. The molecule has 0 saturated heterocycles. The van der Waals surface area contributed by atoms with Crippen molar-refractivity contribution in [3.05, 3.63) is 62.9 Å². The van der Waals surface area contributed by atoms with Gasteiger partial charge in [-0.1, -0.05) is 17.7 Å². The third-order valence-electron chi connectivity index (χ3n) is 4.43. The highest BCUT2D eigenvalue weighted by molar-refractivity contribution is 6.35. The van der Waals surface area contributed by atoms with Crippen molar-refractivity contribution in [3.8, 4) is 17.8 Å². The molecule has 8 nitrogen and oxygen atoms in total. The maximum atomic E-state index is 13.6. The van der Waals surface area contributed by atoms with E-state index in [1.807, 2.05) is 12.1 Å². The molecule has 0 spiro atoms. The van der Waals surface area contributed by atoms with E-state index in [4.69, 9.17) is 16.3 Å². The van der Waals surface area contributed by atoms with Crippen LogP contribution in [0.3, 0.4) is 0 Å². The topological polar surface area (TPSA) is 112 Å². The summed E-state index contributed by atoms with van der Waals surface area (Å²) in [5.74, 6) is -0.0134. The molecule has 0 bridgehead atoms. The van der Waals surface area contributed by atoms with Gasteiger partial charge >= 0.3 is 6.09 Å². The van der Waals surface area contributed by atoms with Crippen LogP contribution in [0, 0.1) is 22.7 Å². The first-order valence-corrected chi connectivity index (χ1v) is 10.1. The molecule has 0 aliphatic rings. The van der Waals surface area contributed by atoms with Gasteiger partial charge in [-0.3, -0.25) is 4.79 Å². The molecule has 1 aromatic heterocycles. The molecule has 162 valence electrons. The number of fused-ring (bicyclic) bond motifs is 1. The average Bonchev–Trinajstić information content (AvgIpc) is 2.72. The number of halogens is 1. The van der Waals surface area contributed by atoms with Crippen LogP contribution in [0.5, 0.6) is 0 Å². The summed E-state index contributed by atoms with van der Waals surface area (Å²) in [7, 11) is 0. The summed E-state index contributed by atoms with van der Waals surface area (Å²) in [6, 6.07) is 13.1. The number of carbonyl (C=O) groups excluding carboxylic acids is 1. The summed E-state index contributed by atoms with van der Waals surface area (Å²) in [6.07, 6.45) is -0.695. The monoisotopic (exact) mass is 449 g/mol. The number of hydrogen-bond acceptors (Lipinski definition) is 6. The Morgan fingerprint density at radius 2 is 1.81 bits per heavy atom. The molecule has 0 radical (unpaired) electrons. The molecule has 0 atom stereocenters. The number of amides is 1. The van der Waals surface area contributed by atoms with Gasteiger partial charge in [0, 0.05) is 6.54 Å². The van der Waals surface area contributed by atoms with Crippen molar-refractivity contribution in [2.75, 3.05) is 11.4 Å². The second kappa shape index (κ2) is 8.70. The molecule has 9 heteroatoms. The molecule has 1 amide bonds. The number of aromatic nitrogens is 2. The van der Waals surface area contributed by atoms with Crippen LogP contribution in [0.15, 0.2) is 41.2 Å². The molecule has 0 aliphatic carbocycles. The van der Waals surface area contributed by atoms with Crippen LogP contribution in [0.2, 0.25) is 5.02 Å². The van der Waals surface area contributed by atoms with E-state index in [1.54, 1.807) is 45.9 Å². The van der Waals surface area contributed by atoms with Gasteiger partial charge < -0.3 is 4.74 Å². The lowest BCUT2D eigenvalue weighted by Crippen LogP contribution is -2.40.